The molecule has 1 aliphatic rings. The molecule has 3 unspecified atom stereocenters. The third-order valence-electron chi connectivity index (χ3n) is 12.6. The molecule has 3 aromatic carbocycles. The third-order valence-corrected chi connectivity index (χ3v) is 15.9. The van der Waals surface area contributed by atoms with Crippen molar-refractivity contribution >= 4 is 85.8 Å². The normalized spacial score (nSPS) is 21.9. The Morgan fingerprint density at radius 2 is 1.28 bits per heavy atom. The van der Waals surface area contributed by atoms with Crippen molar-refractivity contribution in [3.8, 4) is 5.75 Å². The number of amides is 7. The summed E-state index contributed by atoms with van der Waals surface area (Å²) in [6.07, 6.45) is 1.23. The van der Waals surface area contributed by atoms with Gasteiger partial charge in [-0.3, -0.25) is 38.4 Å². The highest BCUT2D eigenvalue weighted by Gasteiger charge is 2.42. The highest BCUT2D eigenvalue weighted by Crippen LogP contribution is 2.39. The number of carbonyl (C=O) groups excluding carboxylic acids is 7. The number of fused-ring (bicyclic) bond motifs is 1. The Bertz CT molecular complexity index is 2690. The number of para-hydroxylation sites is 1. The van der Waals surface area contributed by atoms with Crippen LogP contribution in [0.25, 0.3) is 10.9 Å². The molecule has 22 nitrogen and oxygen atoms in total. The van der Waals surface area contributed by atoms with Crippen LogP contribution in [0.1, 0.15) is 70.1 Å². The number of hydrogen-bond donors (Lipinski definition) is 13. The van der Waals surface area contributed by atoms with Gasteiger partial charge in [0.1, 0.15) is 48.0 Å². The summed E-state index contributed by atoms with van der Waals surface area (Å²) in [6, 6.07) is 9.96. The number of nitrogens with one attached hydrogen (secondary N) is 8. The highest BCUT2D eigenvalue weighted by molar-refractivity contribution is 8.77. The lowest BCUT2D eigenvalue weighted by atomic mass is 9.98. The number of unbranched alkanes of at least 4 members (excludes halogenated alkanes) is 1. The highest BCUT2D eigenvalue weighted by atomic mass is 33.1. The first-order valence-corrected chi connectivity index (χ1v) is 27.1. The number of rotatable bonds is 18. The predicted molar refractivity (Wildman–Crippen MR) is 287 cm³/mol. The monoisotopic (exact) mass is 1090 g/mol. The van der Waals surface area contributed by atoms with Crippen LogP contribution in [0.3, 0.4) is 0 Å². The van der Waals surface area contributed by atoms with Gasteiger partial charge in [0, 0.05) is 46.9 Å². The van der Waals surface area contributed by atoms with Crippen LogP contribution in [0.5, 0.6) is 5.75 Å². The standard InChI is InChI=1S/C52H68N10O12S2/c1-28(2)42(51(73)74)61-49(71)40-27-75-76-52(3,4)43(62-44(66)34(54)25-41(64)65)50(72)59-38(22-29-12-6-5-7-13-29)46(68)58-39(24-31-26-55-35-15-9-8-14-33(31)35)48(70)56-36(16-10-11-21-53)45(67)57-37(47(69)60-40)23-30-17-19-32(63)20-18-30/h5-9,12-15,17-20,26,28,34,36-40,42-43,55,63H,10-11,16,21-25,27,53-54H2,1-4H3,(H,56,70)(H,57,67)(H,58,68)(H,59,72)(H,60,69)(H,61,71)(H,62,66)(H,64,65)(H,73,74)/t34-,36-,37?,38?,39-,40?,42-,43+/m0/s1. The molecule has 0 bridgehead atoms. The number of carboxylic acid groups (broad SMARTS) is 2. The van der Waals surface area contributed by atoms with Gasteiger partial charge in [-0.2, -0.15) is 0 Å². The lowest BCUT2D eigenvalue weighted by Crippen LogP contribution is -2.63. The summed E-state index contributed by atoms with van der Waals surface area (Å²) < 4.78 is -1.42. The number of benzene rings is 3. The minimum atomic E-state index is -1.62. The molecule has 2 heterocycles. The van der Waals surface area contributed by atoms with E-state index in [1.165, 1.54) is 24.3 Å². The number of aromatic amines is 1. The van der Waals surface area contributed by atoms with Crippen molar-refractivity contribution in [2.75, 3.05) is 12.3 Å². The summed E-state index contributed by atoms with van der Waals surface area (Å²) in [7, 11) is 1.92. The van der Waals surface area contributed by atoms with E-state index in [1.54, 1.807) is 70.3 Å². The lowest BCUT2D eigenvalue weighted by Gasteiger charge is -2.35. The molecular weight excluding hydrogens is 1020 g/mol. The van der Waals surface area contributed by atoms with Gasteiger partial charge in [0.15, 0.2) is 0 Å². The fourth-order valence-electron chi connectivity index (χ4n) is 8.31. The minimum Gasteiger partial charge on any atom is -0.508 e. The number of aliphatic carboxylic acids is 2. The number of aromatic hydroxyl groups is 1. The number of carboxylic acids is 2. The SMILES string of the molecule is CC(C)[C@H](NC(=O)C1CSSC(C)(C)[C@H](NC(=O)[C@@H](N)CC(=O)O)C(=O)NC(Cc2ccccc2)C(=O)N[C@@H](Cc2c[nH]c3ccccc23)C(=O)N[C@@H](CCCCN)C(=O)NC(Cc2ccc(O)cc2)C(=O)N1)C(=O)O. The fraction of sp³-hybridized carbons (Fsp3) is 0.442. The van der Waals surface area contributed by atoms with Crippen LogP contribution in [0.15, 0.2) is 85.1 Å². The Morgan fingerprint density at radius 3 is 1.88 bits per heavy atom. The first-order valence-electron chi connectivity index (χ1n) is 24.8. The Kier molecular flexibility index (Phi) is 22.1. The van der Waals surface area contributed by atoms with Crippen LogP contribution in [0.4, 0.5) is 0 Å². The van der Waals surface area contributed by atoms with Crippen LogP contribution in [0.2, 0.25) is 0 Å². The number of nitrogens with two attached hydrogens (primary N) is 2. The van der Waals surface area contributed by atoms with E-state index in [9.17, 15) is 58.5 Å². The first-order chi connectivity index (χ1) is 36.1. The lowest BCUT2D eigenvalue weighted by molar-refractivity contribution is -0.143. The van der Waals surface area contributed by atoms with Gasteiger partial charge in [-0.15, -0.1) is 0 Å². The summed E-state index contributed by atoms with van der Waals surface area (Å²) in [4.78, 5) is 129. The van der Waals surface area contributed by atoms with E-state index in [0.717, 1.165) is 32.5 Å². The first kappa shape index (κ1) is 59.7. The van der Waals surface area contributed by atoms with Crippen LogP contribution in [0, 0.1) is 5.92 Å². The number of aromatic nitrogens is 1. The van der Waals surface area contributed by atoms with Gasteiger partial charge in [0.2, 0.25) is 41.4 Å². The average molecular weight is 1090 g/mol. The summed E-state index contributed by atoms with van der Waals surface area (Å²) in [5.74, 6) is -9.92. The summed E-state index contributed by atoms with van der Waals surface area (Å²) in [6.45, 7) is 6.50. The van der Waals surface area contributed by atoms with Gasteiger partial charge in [-0.25, -0.2) is 4.79 Å². The van der Waals surface area contributed by atoms with Gasteiger partial charge in [0.05, 0.1) is 12.5 Å². The van der Waals surface area contributed by atoms with E-state index in [2.05, 4.69) is 42.2 Å². The molecule has 5 rings (SSSR count). The molecule has 410 valence electrons. The zero-order valence-electron chi connectivity index (χ0n) is 42.6. The van der Waals surface area contributed by atoms with Crippen LogP contribution >= 0.6 is 21.6 Å². The van der Waals surface area contributed by atoms with Crippen molar-refractivity contribution in [2.45, 2.75) is 126 Å². The van der Waals surface area contributed by atoms with Gasteiger partial charge in [0.25, 0.3) is 0 Å². The van der Waals surface area contributed by atoms with Crippen molar-refractivity contribution < 1.29 is 58.5 Å². The summed E-state index contributed by atoms with van der Waals surface area (Å²) >= 11 is 0. The Hall–Kier alpha value is -7.15. The maximum absolute atomic E-state index is 14.9. The van der Waals surface area contributed by atoms with Gasteiger partial charge >= 0.3 is 11.9 Å². The molecule has 1 fully saturated rings. The molecule has 1 aromatic heterocycles. The Balaban J connectivity index is 1.66. The number of phenols is 1. The number of hydrogen-bond acceptors (Lipinski definition) is 14. The number of H-pyrrole nitrogens is 1. The largest absolute Gasteiger partial charge is 0.508 e. The zero-order chi connectivity index (χ0) is 55.7. The minimum absolute atomic E-state index is 0.0203. The van der Waals surface area contributed by atoms with Crippen molar-refractivity contribution in [1.82, 2.24) is 42.2 Å². The molecule has 7 amide bonds. The number of carbonyl (C=O) groups is 9. The van der Waals surface area contributed by atoms with Crippen molar-refractivity contribution in [1.29, 1.82) is 0 Å². The molecule has 0 spiro atoms. The second-order valence-corrected chi connectivity index (χ2v) is 22.4. The van der Waals surface area contributed by atoms with E-state index in [1.807, 2.05) is 18.2 Å². The Morgan fingerprint density at radius 1 is 0.724 bits per heavy atom. The van der Waals surface area contributed by atoms with Gasteiger partial charge in [-0.1, -0.05) is 96.1 Å². The van der Waals surface area contributed by atoms with E-state index in [0.29, 0.717) is 29.5 Å². The second kappa shape index (κ2) is 28.1. The molecule has 24 heteroatoms. The average Bonchev–Trinajstić information content (AvgIpc) is 3.78. The molecular formula is C52H68N10O12S2. The van der Waals surface area contributed by atoms with E-state index in [-0.39, 0.29) is 43.7 Å². The van der Waals surface area contributed by atoms with Gasteiger partial charge < -0.3 is 69.0 Å². The van der Waals surface area contributed by atoms with Crippen LogP contribution in [-0.4, -0.2) is 139 Å². The predicted octanol–water partition coefficient (Wildman–Crippen LogP) is 1.14. The van der Waals surface area contributed by atoms with Crippen molar-refractivity contribution in [3.05, 3.63) is 102 Å². The topological polar surface area (TPSA) is 366 Å². The van der Waals surface area contributed by atoms with Crippen molar-refractivity contribution in [3.63, 3.8) is 0 Å². The summed E-state index contributed by atoms with van der Waals surface area (Å²) in [5, 5.41) is 49.2. The third kappa shape index (κ3) is 17.5. The van der Waals surface area contributed by atoms with E-state index >= 15 is 0 Å². The second-order valence-electron chi connectivity index (χ2n) is 19.4. The molecule has 1 aliphatic heterocycles. The van der Waals surface area contributed by atoms with E-state index in [4.69, 9.17) is 11.5 Å². The molecule has 8 atom stereocenters. The number of phenolic OH excluding ortho intramolecular Hbond substituents is 1. The van der Waals surface area contributed by atoms with Crippen molar-refractivity contribution in [2.24, 2.45) is 17.4 Å². The Labute approximate surface area is 447 Å². The van der Waals surface area contributed by atoms with Gasteiger partial charge in [-0.05, 0) is 80.5 Å². The molecule has 0 radical (unpaired) electrons. The molecule has 0 aliphatic carbocycles. The maximum atomic E-state index is 14.9. The van der Waals surface area contributed by atoms with Crippen LogP contribution in [-0.2, 0) is 62.4 Å². The molecule has 0 saturated carbocycles. The molecule has 15 N–H and O–H groups in total. The van der Waals surface area contributed by atoms with E-state index < -0.39 is 119 Å². The zero-order valence-corrected chi connectivity index (χ0v) is 44.3. The summed E-state index contributed by atoms with van der Waals surface area (Å²) in [5.41, 5.74) is 14.2. The fourth-order valence-corrected chi connectivity index (χ4v) is 11.1. The molecule has 1 saturated heterocycles. The molecule has 76 heavy (non-hydrogen) atoms. The maximum Gasteiger partial charge on any atom is 0.326 e. The smallest absolute Gasteiger partial charge is 0.326 e. The molecule has 4 aromatic rings. The van der Waals surface area contributed by atoms with Crippen LogP contribution < -0.4 is 48.7 Å². The quantitative estimate of drug-likeness (QED) is 0.0491.